The van der Waals surface area contributed by atoms with E-state index in [-0.39, 0.29) is 18.4 Å². The number of imidazole rings is 1. The fraction of sp³-hybridized carbons (Fsp3) is 0.303. The van der Waals surface area contributed by atoms with E-state index in [9.17, 15) is 9.59 Å². The second kappa shape index (κ2) is 11.6. The average Bonchev–Trinajstić information content (AvgIpc) is 3.41. The van der Waals surface area contributed by atoms with Gasteiger partial charge >= 0.3 is 0 Å². The van der Waals surface area contributed by atoms with Crippen LogP contribution in [0.2, 0.25) is 0 Å². The minimum atomic E-state index is -0.633. The molecule has 1 fully saturated rings. The maximum Gasteiger partial charge on any atom is 0.245 e. The van der Waals surface area contributed by atoms with Gasteiger partial charge in [0.15, 0.2) is 0 Å². The number of rotatable bonds is 6. The third-order valence-electron chi connectivity index (χ3n) is 8.21. The van der Waals surface area contributed by atoms with Crippen molar-refractivity contribution < 1.29 is 14.3 Å². The van der Waals surface area contributed by atoms with Crippen molar-refractivity contribution >= 4 is 17.5 Å². The Morgan fingerprint density at radius 3 is 2.27 bits per heavy atom. The van der Waals surface area contributed by atoms with E-state index in [2.05, 4.69) is 10.6 Å². The van der Waals surface area contributed by atoms with Gasteiger partial charge < -0.3 is 24.8 Å². The van der Waals surface area contributed by atoms with E-state index in [1.54, 1.807) is 4.90 Å². The number of fused-ring (bicyclic) bond motifs is 1. The molecule has 2 N–H and O–H groups in total. The van der Waals surface area contributed by atoms with Crippen molar-refractivity contribution in [1.29, 1.82) is 0 Å². The number of aryl methyl sites for hydroxylation is 1. The maximum absolute atomic E-state index is 14.6. The zero-order chi connectivity index (χ0) is 28.3. The number of nitrogens with zero attached hydrogens (tertiary/aromatic N) is 4. The SMILES string of the molecule is Cc1cc(Cn2cnc3c2C[C@@H](C(=O)N2CCOCC2)N(C(=O)C(c2ccccc2)c2ccccc2)C3)ccc1N. The molecule has 0 bridgehead atoms. The van der Waals surface area contributed by atoms with Gasteiger partial charge in [0.1, 0.15) is 6.04 Å². The summed E-state index contributed by atoms with van der Waals surface area (Å²) in [5.74, 6) is -0.662. The van der Waals surface area contributed by atoms with Crippen LogP contribution in [0, 0.1) is 6.92 Å². The van der Waals surface area contributed by atoms with E-state index in [1.165, 1.54) is 0 Å². The van der Waals surface area contributed by atoms with Crippen LogP contribution >= 0.6 is 0 Å². The average molecular weight is 550 g/mol. The fourth-order valence-corrected chi connectivity index (χ4v) is 5.93. The molecule has 8 nitrogen and oxygen atoms in total. The molecule has 0 aliphatic carbocycles. The second-order valence-electron chi connectivity index (χ2n) is 10.8. The summed E-state index contributed by atoms with van der Waals surface area (Å²) in [4.78, 5) is 37.0. The van der Waals surface area contributed by atoms with Crippen LogP contribution in [0.5, 0.6) is 0 Å². The third kappa shape index (κ3) is 5.47. The van der Waals surface area contributed by atoms with Gasteiger partial charge in [0.2, 0.25) is 11.8 Å². The minimum absolute atomic E-state index is 0.0387. The Morgan fingerprint density at radius 2 is 1.63 bits per heavy atom. The Kier molecular flexibility index (Phi) is 7.57. The topological polar surface area (TPSA) is 93.7 Å². The lowest BCUT2D eigenvalue weighted by atomic mass is 9.88. The number of carbonyl (C=O) groups is 2. The molecule has 3 heterocycles. The molecule has 8 heteroatoms. The van der Waals surface area contributed by atoms with Gasteiger partial charge in [-0.1, -0.05) is 72.8 Å². The molecule has 0 spiro atoms. The molecule has 1 saturated heterocycles. The molecule has 2 amide bonds. The Bertz CT molecular complexity index is 1490. The number of nitrogen functional groups attached to an aromatic ring is 1. The predicted octanol–water partition coefficient (Wildman–Crippen LogP) is 3.77. The highest BCUT2D eigenvalue weighted by atomic mass is 16.5. The first-order chi connectivity index (χ1) is 20.0. The van der Waals surface area contributed by atoms with Crippen LogP contribution in [0.3, 0.4) is 0 Å². The lowest BCUT2D eigenvalue weighted by Crippen LogP contribution is -2.56. The summed E-state index contributed by atoms with van der Waals surface area (Å²) in [5.41, 5.74) is 12.6. The van der Waals surface area contributed by atoms with Gasteiger partial charge in [0, 0.05) is 37.4 Å². The van der Waals surface area contributed by atoms with Gasteiger partial charge in [-0.05, 0) is 35.2 Å². The number of hydrogen-bond acceptors (Lipinski definition) is 5. The van der Waals surface area contributed by atoms with Gasteiger partial charge in [0.05, 0.1) is 37.7 Å². The van der Waals surface area contributed by atoms with Crippen LogP contribution in [0.15, 0.2) is 85.2 Å². The quantitative estimate of drug-likeness (QED) is 0.370. The summed E-state index contributed by atoms with van der Waals surface area (Å²) < 4.78 is 7.62. The maximum atomic E-state index is 14.6. The van der Waals surface area contributed by atoms with E-state index < -0.39 is 12.0 Å². The van der Waals surface area contributed by atoms with Crippen molar-refractivity contribution in [2.75, 3.05) is 32.0 Å². The number of aromatic nitrogens is 2. The zero-order valence-electron chi connectivity index (χ0n) is 23.3. The number of morpholine rings is 1. The summed E-state index contributed by atoms with van der Waals surface area (Å²) >= 11 is 0. The summed E-state index contributed by atoms with van der Waals surface area (Å²) in [6, 6.07) is 25.0. The molecule has 3 aromatic carbocycles. The highest BCUT2D eigenvalue weighted by Gasteiger charge is 2.41. The number of amides is 2. The van der Waals surface area contributed by atoms with Gasteiger partial charge in [-0.15, -0.1) is 0 Å². The van der Waals surface area contributed by atoms with Gasteiger partial charge in [-0.25, -0.2) is 4.98 Å². The molecule has 0 unspecified atom stereocenters. The zero-order valence-corrected chi connectivity index (χ0v) is 23.3. The van der Waals surface area contributed by atoms with Crippen LogP contribution in [0.4, 0.5) is 5.69 Å². The van der Waals surface area contributed by atoms with E-state index >= 15 is 0 Å². The molecule has 2 aliphatic rings. The number of benzene rings is 3. The lowest BCUT2D eigenvalue weighted by Gasteiger charge is -2.40. The van der Waals surface area contributed by atoms with Crippen LogP contribution < -0.4 is 5.73 Å². The molecule has 0 saturated carbocycles. The van der Waals surface area contributed by atoms with E-state index in [4.69, 9.17) is 15.5 Å². The second-order valence-corrected chi connectivity index (χ2v) is 10.8. The number of anilines is 1. The minimum Gasteiger partial charge on any atom is -0.399 e. The molecular weight excluding hydrogens is 514 g/mol. The molecule has 1 atom stereocenters. The molecule has 210 valence electrons. The molecule has 2 aliphatic heterocycles. The first kappa shape index (κ1) is 26.8. The summed E-state index contributed by atoms with van der Waals surface area (Å²) in [6.07, 6.45) is 2.23. The number of carbonyl (C=O) groups excluding carboxylic acids is 2. The Morgan fingerprint density at radius 1 is 0.976 bits per heavy atom. The number of nitrogens with two attached hydrogens (primary N) is 1. The molecular formula is C33H35N5O3. The summed E-state index contributed by atoms with van der Waals surface area (Å²) in [5, 5.41) is 0. The van der Waals surface area contributed by atoms with Crippen LogP contribution in [-0.2, 0) is 33.8 Å². The lowest BCUT2D eigenvalue weighted by molar-refractivity contribution is -0.150. The van der Waals surface area contributed by atoms with Gasteiger partial charge in [-0.3, -0.25) is 9.59 Å². The largest absolute Gasteiger partial charge is 0.399 e. The highest BCUT2D eigenvalue weighted by Crippen LogP contribution is 2.32. The van der Waals surface area contributed by atoms with Crippen LogP contribution in [0.1, 0.15) is 39.6 Å². The highest BCUT2D eigenvalue weighted by molar-refractivity contribution is 5.93. The summed E-state index contributed by atoms with van der Waals surface area (Å²) in [7, 11) is 0. The van der Waals surface area contributed by atoms with Crippen molar-refractivity contribution in [3.63, 3.8) is 0 Å². The monoisotopic (exact) mass is 549 g/mol. The molecule has 41 heavy (non-hydrogen) atoms. The van der Waals surface area contributed by atoms with Crippen molar-refractivity contribution in [1.82, 2.24) is 19.4 Å². The molecule has 1 aromatic heterocycles. The number of ether oxygens (including phenoxy) is 1. The Labute approximate surface area is 240 Å². The van der Waals surface area contributed by atoms with Gasteiger partial charge in [0.25, 0.3) is 0 Å². The van der Waals surface area contributed by atoms with E-state index in [1.807, 2.05) is 90.9 Å². The first-order valence-corrected chi connectivity index (χ1v) is 14.1. The fourth-order valence-electron chi connectivity index (χ4n) is 5.93. The smallest absolute Gasteiger partial charge is 0.245 e. The number of hydrogen-bond donors (Lipinski definition) is 1. The first-order valence-electron chi connectivity index (χ1n) is 14.1. The Hall–Kier alpha value is -4.43. The Balaban J connectivity index is 1.37. The third-order valence-corrected chi connectivity index (χ3v) is 8.21. The molecule has 4 aromatic rings. The summed E-state index contributed by atoms with van der Waals surface area (Å²) in [6.45, 7) is 4.94. The van der Waals surface area contributed by atoms with Crippen molar-refractivity contribution in [2.24, 2.45) is 0 Å². The predicted molar refractivity (Wildman–Crippen MR) is 157 cm³/mol. The van der Waals surface area contributed by atoms with Crippen molar-refractivity contribution in [3.8, 4) is 0 Å². The van der Waals surface area contributed by atoms with Crippen molar-refractivity contribution in [3.05, 3.63) is 119 Å². The molecule has 0 radical (unpaired) electrons. The van der Waals surface area contributed by atoms with Crippen LogP contribution in [0.25, 0.3) is 0 Å². The van der Waals surface area contributed by atoms with Crippen LogP contribution in [-0.4, -0.2) is 63.5 Å². The van der Waals surface area contributed by atoms with E-state index in [0.717, 1.165) is 39.3 Å². The standard InChI is InChI=1S/C33H35N5O3/c1-23-18-24(12-13-27(23)34)20-37-22-35-28-21-38(30(19-29(28)37)32(39)36-14-16-41-17-15-36)33(40)31(25-8-4-2-5-9-25)26-10-6-3-7-11-26/h2-13,18,22,30-31H,14-17,19-21,34H2,1H3/t30-/m0/s1. The molecule has 6 rings (SSSR count). The normalized spacial score (nSPS) is 17.0. The van der Waals surface area contributed by atoms with Gasteiger partial charge in [-0.2, -0.15) is 0 Å². The van der Waals surface area contributed by atoms with Crippen molar-refractivity contribution in [2.45, 2.75) is 38.4 Å². The van der Waals surface area contributed by atoms with E-state index in [0.29, 0.717) is 39.3 Å².